The second-order valence-corrected chi connectivity index (χ2v) is 4.14. The van der Waals surface area contributed by atoms with E-state index in [1.165, 1.54) is 0 Å². The van der Waals surface area contributed by atoms with Crippen molar-refractivity contribution in [3.8, 4) is 0 Å². The van der Waals surface area contributed by atoms with E-state index < -0.39 is 30.4 Å². The monoisotopic (exact) mass is 284 g/mol. The van der Waals surface area contributed by atoms with Gasteiger partial charge in [-0.1, -0.05) is 0 Å². The second-order valence-electron chi connectivity index (χ2n) is 4.14. The Morgan fingerprint density at radius 1 is 1.40 bits per heavy atom. The van der Waals surface area contributed by atoms with E-state index in [2.05, 4.69) is 15.6 Å². The number of primary amides is 1. The summed E-state index contributed by atoms with van der Waals surface area (Å²) in [5, 5.41) is 13.3. The van der Waals surface area contributed by atoms with E-state index in [0.29, 0.717) is 17.3 Å². The fourth-order valence-corrected chi connectivity index (χ4v) is 1.38. The van der Waals surface area contributed by atoms with Gasteiger partial charge >= 0.3 is 12.0 Å². The molecule has 0 saturated heterocycles. The van der Waals surface area contributed by atoms with Crippen LogP contribution in [0.25, 0.3) is 0 Å². The van der Waals surface area contributed by atoms with E-state index in [4.69, 9.17) is 15.3 Å². The molecule has 1 aromatic heterocycles. The minimum atomic E-state index is -1.37. The number of rotatable bonds is 6. The Bertz CT molecular complexity index is 505. The summed E-state index contributed by atoms with van der Waals surface area (Å²) in [7, 11) is 0. The number of urea groups is 1. The van der Waals surface area contributed by atoms with Gasteiger partial charge in [-0.3, -0.25) is 4.79 Å². The molecule has 0 aromatic carbocycles. The van der Waals surface area contributed by atoms with Gasteiger partial charge in [0.25, 0.3) is 0 Å². The maximum Gasteiger partial charge on any atom is 0.326 e. The normalized spacial score (nSPS) is 11.7. The Kier molecular flexibility index (Phi) is 5.07. The summed E-state index contributed by atoms with van der Waals surface area (Å²) < 4.78 is 5.24. The predicted molar refractivity (Wildman–Crippen MR) is 66.6 cm³/mol. The maximum atomic E-state index is 11.5. The van der Waals surface area contributed by atoms with Gasteiger partial charge in [-0.2, -0.15) is 0 Å². The number of aryl methyl sites for hydroxylation is 2. The van der Waals surface area contributed by atoms with Crippen molar-refractivity contribution in [3.05, 3.63) is 17.3 Å². The number of nitrogens with two attached hydrogens (primary N) is 1. The van der Waals surface area contributed by atoms with Gasteiger partial charge in [0.05, 0.1) is 18.7 Å². The van der Waals surface area contributed by atoms with Crippen LogP contribution in [0.5, 0.6) is 0 Å². The number of nitrogens with one attached hydrogen (secondary N) is 2. The van der Waals surface area contributed by atoms with E-state index in [1.807, 2.05) is 0 Å². The molecule has 0 aliphatic rings. The zero-order chi connectivity index (χ0) is 15.3. The number of aliphatic carboxylic acids is 1. The molecule has 1 aromatic rings. The van der Waals surface area contributed by atoms with Crippen molar-refractivity contribution in [1.29, 1.82) is 0 Å². The zero-order valence-electron chi connectivity index (χ0n) is 11.1. The summed E-state index contributed by atoms with van der Waals surface area (Å²) in [6, 6.07) is -2.13. The quantitative estimate of drug-likeness (QED) is 0.549. The van der Waals surface area contributed by atoms with Gasteiger partial charge in [-0.15, -0.1) is 0 Å². The molecule has 0 spiro atoms. The summed E-state index contributed by atoms with van der Waals surface area (Å²) in [4.78, 5) is 37.0. The molecule has 9 nitrogen and oxygen atoms in total. The summed E-state index contributed by atoms with van der Waals surface area (Å²) in [5.41, 5.74) is 5.60. The third-order valence-electron chi connectivity index (χ3n) is 2.48. The number of hydrogen-bond acceptors (Lipinski definition) is 5. The molecule has 0 fully saturated rings. The third-order valence-corrected chi connectivity index (χ3v) is 2.48. The molecule has 5 N–H and O–H groups in total. The molecular weight excluding hydrogens is 268 g/mol. The Hall–Kier alpha value is -2.58. The minimum absolute atomic E-state index is 0.00340. The summed E-state index contributed by atoms with van der Waals surface area (Å²) in [6.07, 6.45) is -0.486. The van der Waals surface area contributed by atoms with Crippen LogP contribution in [-0.4, -0.2) is 34.0 Å². The average Bonchev–Trinajstić information content (AvgIpc) is 2.65. The van der Waals surface area contributed by atoms with Crippen molar-refractivity contribution in [2.45, 2.75) is 32.9 Å². The Morgan fingerprint density at radius 2 is 2.05 bits per heavy atom. The lowest BCUT2D eigenvalue weighted by Crippen LogP contribution is -2.47. The van der Waals surface area contributed by atoms with Gasteiger partial charge in [-0.05, 0) is 13.8 Å². The molecule has 0 saturated carbocycles. The van der Waals surface area contributed by atoms with E-state index >= 15 is 0 Å². The summed E-state index contributed by atoms with van der Waals surface area (Å²) >= 11 is 0. The topological polar surface area (TPSA) is 148 Å². The summed E-state index contributed by atoms with van der Waals surface area (Å²) in [5.74, 6) is -1.23. The van der Waals surface area contributed by atoms with Gasteiger partial charge in [-0.25, -0.2) is 14.6 Å². The first-order valence-electron chi connectivity index (χ1n) is 5.78. The fourth-order valence-electron chi connectivity index (χ4n) is 1.38. The molecule has 0 radical (unpaired) electrons. The van der Waals surface area contributed by atoms with Crippen LogP contribution < -0.4 is 16.4 Å². The number of hydrogen-bond donors (Lipinski definition) is 4. The largest absolute Gasteiger partial charge is 0.480 e. The van der Waals surface area contributed by atoms with E-state index in [-0.39, 0.29) is 6.54 Å². The molecule has 0 aliphatic heterocycles. The van der Waals surface area contributed by atoms with E-state index in [9.17, 15) is 14.4 Å². The van der Waals surface area contributed by atoms with Crippen molar-refractivity contribution >= 4 is 17.9 Å². The maximum absolute atomic E-state index is 11.5. The van der Waals surface area contributed by atoms with Crippen LogP contribution in [0.15, 0.2) is 4.42 Å². The van der Waals surface area contributed by atoms with Crippen LogP contribution in [0.1, 0.15) is 23.8 Å². The Morgan fingerprint density at radius 3 is 2.50 bits per heavy atom. The highest BCUT2D eigenvalue weighted by molar-refractivity contribution is 5.87. The molecule has 110 valence electrons. The van der Waals surface area contributed by atoms with Gasteiger partial charge in [0.1, 0.15) is 11.8 Å². The smallest absolute Gasteiger partial charge is 0.326 e. The molecule has 0 aliphatic carbocycles. The number of amides is 3. The Labute approximate surface area is 114 Å². The highest BCUT2D eigenvalue weighted by Crippen LogP contribution is 2.07. The third kappa shape index (κ3) is 4.59. The first-order chi connectivity index (χ1) is 9.29. The van der Waals surface area contributed by atoms with Crippen molar-refractivity contribution in [2.24, 2.45) is 5.73 Å². The van der Waals surface area contributed by atoms with E-state index in [0.717, 1.165) is 0 Å². The summed E-state index contributed by atoms with van der Waals surface area (Å²) in [6.45, 7) is 3.50. The SMILES string of the molecule is Cc1nc(CNC(=O)NC(CC(N)=O)C(=O)O)oc1C. The first kappa shape index (κ1) is 15.5. The van der Waals surface area contributed by atoms with Crippen molar-refractivity contribution in [3.63, 3.8) is 0 Å². The van der Waals surface area contributed by atoms with Gasteiger partial charge in [0, 0.05) is 0 Å². The Balaban J connectivity index is 2.49. The molecule has 1 unspecified atom stereocenters. The van der Waals surface area contributed by atoms with Gasteiger partial charge < -0.3 is 25.9 Å². The lowest BCUT2D eigenvalue weighted by Gasteiger charge is -2.12. The highest BCUT2D eigenvalue weighted by Gasteiger charge is 2.22. The van der Waals surface area contributed by atoms with Crippen LogP contribution in [0.3, 0.4) is 0 Å². The lowest BCUT2D eigenvalue weighted by molar-refractivity contribution is -0.140. The molecule has 1 atom stereocenters. The number of carbonyl (C=O) groups is 3. The van der Waals surface area contributed by atoms with Crippen molar-refractivity contribution < 1.29 is 23.9 Å². The molecule has 9 heteroatoms. The van der Waals surface area contributed by atoms with Crippen molar-refractivity contribution in [1.82, 2.24) is 15.6 Å². The number of oxazole rings is 1. The molecule has 0 bridgehead atoms. The molecule has 20 heavy (non-hydrogen) atoms. The number of aromatic nitrogens is 1. The van der Waals surface area contributed by atoms with Crippen LogP contribution in [0.2, 0.25) is 0 Å². The highest BCUT2D eigenvalue weighted by atomic mass is 16.4. The van der Waals surface area contributed by atoms with Gasteiger partial charge in [0.2, 0.25) is 11.8 Å². The fraction of sp³-hybridized carbons (Fsp3) is 0.455. The number of carbonyl (C=O) groups excluding carboxylic acids is 2. The van der Waals surface area contributed by atoms with Crippen LogP contribution in [0, 0.1) is 13.8 Å². The number of carboxylic acids is 1. The number of nitrogens with zero attached hydrogens (tertiary/aromatic N) is 1. The lowest BCUT2D eigenvalue weighted by atomic mass is 10.2. The number of carboxylic acid groups (broad SMARTS) is 1. The molecule has 1 heterocycles. The van der Waals surface area contributed by atoms with Crippen LogP contribution in [-0.2, 0) is 16.1 Å². The average molecular weight is 284 g/mol. The van der Waals surface area contributed by atoms with Crippen LogP contribution in [0.4, 0.5) is 4.79 Å². The standard InChI is InChI=1S/C11H16N4O5/c1-5-6(2)20-9(14-5)4-13-11(19)15-7(10(17)18)3-8(12)16/h7H,3-4H2,1-2H3,(H2,12,16)(H,17,18)(H2,13,15,19). The molecule has 1 rings (SSSR count). The zero-order valence-corrected chi connectivity index (χ0v) is 11.1. The first-order valence-corrected chi connectivity index (χ1v) is 5.78. The van der Waals surface area contributed by atoms with Gasteiger partial charge in [0.15, 0.2) is 0 Å². The second kappa shape index (κ2) is 6.55. The van der Waals surface area contributed by atoms with Crippen molar-refractivity contribution in [2.75, 3.05) is 0 Å². The molecule has 3 amide bonds. The van der Waals surface area contributed by atoms with E-state index in [1.54, 1.807) is 13.8 Å². The molecular formula is C11H16N4O5. The van der Waals surface area contributed by atoms with Crippen LogP contribution >= 0.6 is 0 Å². The predicted octanol–water partition coefficient (Wildman–Crippen LogP) is -0.581. The minimum Gasteiger partial charge on any atom is -0.480 e.